The molecule has 0 aromatic heterocycles. The zero-order chi connectivity index (χ0) is 21.3. The van der Waals surface area contributed by atoms with Gasteiger partial charge in [0.1, 0.15) is 6.61 Å². The molecule has 0 radical (unpaired) electrons. The van der Waals surface area contributed by atoms with Gasteiger partial charge in [-0.1, -0.05) is 62.4 Å². The molecule has 1 fully saturated rings. The van der Waals surface area contributed by atoms with Crippen LogP contribution in [0, 0.1) is 0 Å². The van der Waals surface area contributed by atoms with E-state index in [1.165, 1.54) is 16.0 Å². The highest BCUT2D eigenvalue weighted by Gasteiger charge is 2.54. The van der Waals surface area contributed by atoms with Crippen molar-refractivity contribution >= 4 is 23.8 Å². The number of thioether (sulfide) groups is 1. The Kier molecular flexibility index (Phi) is 5.78. The highest BCUT2D eigenvalue weighted by Crippen LogP contribution is 2.45. The van der Waals surface area contributed by atoms with Gasteiger partial charge in [-0.15, -0.1) is 0 Å². The lowest BCUT2D eigenvalue weighted by Gasteiger charge is -2.39. The highest BCUT2D eigenvalue weighted by atomic mass is 32.2. The first-order chi connectivity index (χ1) is 14.5. The van der Waals surface area contributed by atoms with Crippen molar-refractivity contribution in [2.24, 2.45) is 0 Å². The summed E-state index contributed by atoms with van der Waals surface area (Å²) in [5.41, 5.74) is 3.42. The van der Waals surface area contributed by atoms with Crippen molar-refractivity contribution in [3.63, 3.8) is 0 Å². The van der Waals surface area contributed by atoms with Crippen LogP contribution in [0.3, 0.4) is 0 Å². The molecule has 2 atom stereocenters. The van der Waals surface area contributed by atoms with Gasteiger partial charge in [0.25, 0.3) is 0 Å². The average molecular weight is 426 g/mol. The number of carbonyl (C=O) groups excluding carboxylic acids is 1. The Hall–Kier alpha value is -2.47. The van der Waals surface area contributed by atoms with Crippen LogP contribution in [0.25, 0.3) is 11.1 Å². The fourth-order valence-corrected chi connectivity index (χ4v) is 6.24. The number of amides is 1. The Morgan fingerprint density at radius 1 is 1.13 bits per heavy atom. The first-order valence-electron chi connectivity index (χ1n) is 10.5. The Morgan fingerprint density at radius 3 is 2.23 bits per heavy atom. The van der Waals surface area contributed by atoms with Crippen molar-refractivity contribution < 1.29 is 19.4 Å². The number of carbonyl (C=O) groups is 2. The monoisotopic (exact) mass is 425 g/mol. The van der Waals surface area contributed by atoms with Gasteiger partial charge in [0.05, 0.1) is 0 Å². The van der Waals surface area contributed by atoms with Gasteiger partial charge in [-0.25, -0.2) is 9.59 Å². The number of nitrogens with zero attached hydrogens (tertiary/aromatic N) is 1. The number of rotatable bonds is 6. The lowest BCUT2D eigenvalue weighted by Crippen LogP contribution is -2.60. The second-order valence-electron chi connectivity index (χ2n) is 7.95. The topological polar surface area (TPSA) is 66.8 Å². The summed E-state index contributed by atoms with van der Waals surface area (Å²) in [6.07, 6.45) is 0.588. The average Bonchev–Trinajstić information content (AvgIpc) is 3.29. The minimum absolute atomic E-state index is 0.0408. The quantitative estimate of drug-likeness (QED) is 0.706. The van der Waals surface area contributed by atoms with Crippen LogP contribution in [0.15, 0.2) is 48.5 Å². The number of aliphatic carboxylic acids is 1. The molecule has 1 aliphatic heterocycles. The van der Waals surface area contributed by atoms with E-state index in [9.17, 15) is 14.7 Å². The number of hydrogen-bond donors (Lipinski definition) is 1. The Labute approximate surface area is 181 Å². The van der Waals surface area contributed by atoms with E-state index in [1.54, 1.807) is 11.8 Å². The maximum Gasteiger partial charge on any atom is 0.410 e. The maximum atomic E-state index is 13.2. The van der Waals surface area contributed by atoms with Gasteiger partial charge in [0, 0.05) is 17.7 Å². The molecule has 0 bridgehead atoms. The molecule has 30 heavy (non-hydrogen) atoms. The smallest absolute Gasteiger partial charge is 0.410 e. The normalized spacial score (nSPS) is 22.4. The molecule has 6 heteroatoms. The number of ether oxygens (including phenoxy) is 1. The van der Waals surface area contributed by atoms with Crippen LogP contribution in [0.5, 0.6) is 0 Å². The van der Waals surface area contributed by atoms with Crippen molar-refractivity contribution in [1.82, 2.24) is 4.90 Å². The SMILES string of the molecule is CCCN(C(=O)OCC1c2ccccc2-c2ccccc21)C1(C(=O)O)CCSC1C. The van der Waals surface area contributed by atoms with Gasteiger partial charge in [-0.05, 0) is 40.8 Å². The number of benzene rings is 2. The molecule has 158 valence electrons. The Bertz CT molecular complexity index is 916. The Morgan fingerprint density at radius 2 is 1.73 bits per heavy atom. The van der Waals surface area contributed by atoms with Gasteiger partial charge >= 0.3 is 12.1 Å². The summed E-state index contributed by atoms with van der Waals surface area (Å²) in [6, 6.07) is 16.4. The zero-order valence-corrected chi connectivity index (χ0v) is 18.2. The predicted molar refractivity (Wildman–Crippen MR) is 119 cm³/mol. The number of carboxylic acids is 1. The molecule has 2 aromatic rings. The molecule has 1 aliphatic carbocycles. The van der Waals surface area contributed by atoms with E-state index in [4.69, 9.17) is 4.74 Å². The second-order valence-corrected chi connectivity index (χ2v) is 9.40. The van der Waals surface area contributed by atoms with Gasteiger partial charge < -0.3 is 9.84 Å². The summed E-state index contributed by atoms with van der Waals surface area (Å²) < 4.78 is 5.80. The van der Waals surface area contributed by atoms with E-state index < -0.39 is 17.6 Å². The van der Waals surface area contributed by atoms with E-state index in [2.05, 4.69) is 24.3 Å². The van der Waals surface area contributed by atoms with E-state index >= 15 is 0 Å². The van der Waals surface area contributed by atoms with Crippen LogP contribution in [0.1, 0.15) is 43.7 Å². The van der Waals surface area contributed by atoms with Gasteiger partial charge in [0.2, 0.25) is 0 Å². The summed E-state index contributed by atoms with van der Waals surface area (Å²) in [7, 11) is 0. The molecule has 0 spiro atoms. The summed E-state index contributed by atoms with van der Waals surface area (Å²) in [5, 5.41) is 9.88. The number of fused-ring (bicyclic) bond motifs is 3. The van der Waals surface area contributed by atoms with Crippen molar-refractivity contribution in [2.75, 3.05) is 18.9 Å². The predicted octanol–water partition coefficient (Wildman–Crippen LogP) is 5.00. The summed E-state index contributed by atoms with van der Waals surface area (Å²) >= 11 is 1.60. The van der Waals surface area contributed by atoms with E-state index in [0.717, 1.165) is 16.9 Å². The zero-order valence-electron chi connectivity index (χ0n) is 17.3. The number of carboxylic acid groups (broad SMARTS) is 1. The summed E-state index contributed by atoms with van der Waals surface area (Å²) in [4.78, 5) is 26.9. The van der Waals surface area contributed by atoms with Gasteiger partial charge in [-0.3, -0.25) is 4.90 Å². The third-order valence-corrected chi connectivity index (χ3v) is 7.71. The van der Waals surface area contributed by atoms with Crippen LogP contribution in [-0.4, -0.2) is 51.8 Å². The molecule has 2 unspecified atom stereocenters. The largest absolute Gasteiger partial charge is 0.479 e. The minimum atomic E-state index is -1.21. The fraction of sp³-hybridized carbons (Fsp3) is 0.417. The molecule has 1 heterocycles. The molecule has 4 rings (SSSR count). The van der Waals surface area contributed by atoms with Crippen LogP contribution >= 0.6 is 11.8 Å². The van der Waals surface area contributed by atoms with Crippen LogP contribution in [-0.2, 0) is 9.53 Å². The molecular formula is C24H27NO4S. The molecule has 1 saturated heterocycles. The molecule has 0 saturated carbocycles. The van der Waals surface area contributed by atoms with Crippen molar-refractivity contribution in [3.8, 4) is 11.1 Å². The van der Waals surface area contributed by atoms with Gasteiger partial charge in [0.15, 0.2) is 5.54 Å². The fourth-order valence-electron chi connectivity index (χ4n) is 4.83. The summed E-state index contributed by atoms with van der Waals surface area (Å²) in [5.74, 6) is -0.257. The number of hydrogen-bond acceptors (Lipinski definition) is 4. The summed E-state index contributed by atoms with van der Waals surface area (Å²) in [6.45, 7) is 4.41. The molecule has 5 nitrogen and oxygen atoms in total. The third-order valence-electron chi connectivity index (χ3n) is 6.38. The van der Waals surface area contributed by atoms with Crippen LogP contribution in [0.4, 0.5) is 4.79 Å². The Balaban J connectivity index is 1.58. The molecule has 2 aliphatic rings. The minimum Gasteiger partial charge on any atom is -0.479 e. The van der Waals surface area contributed by atoms with Crippen LogP contribution < -0.4 is 0 Å². The van der Waals surface area contributed by atoms with E-state index in [0.29, 0.717) is 19.4 Å². The molecule has 1 amide bonds. The van der Waals surface area contributed by atoms with E-state index in [1.807, 2.05) is 38.1 Å². The third kappa shape index (κ3) is 3.27. The highest BCUT2D eigenvalue weighted by molar-refractivity contribution is 8.00. The van der Waals surface area contributed by atoms with Gasteiger partial charge in [-0.2, -0.15) is 11.8 Å². The van der Waals surface area contributed by atoms with Crippen molar-refractivity contribution in [1.29, 1.82) is 0 Å². The van der Waals surface area contributed by atoms with E-state index in [-0.39, 0.29) is 17.8 Å². The lowest BCUT2D eigenvalue weighted by atomic mass is 9.90. The molecular weight excluding hydrogens is 398 g/mol. The van der Waals surface area contributed by atoms with Crippen molar-refractivity contribution in [2.45, 2.75) is 43.4 Å². The molecule has 1 N–H and O–H groups in total. The first kappa shape index (κ1) is 20.8. The molecule has 2 aromatic carbocycles. The first-order valence-corrected chi connectivity index (χ1v) is 11.5. The second kappa shape index (κ2) is 8.34. The maximum absolute atomic E-state index is 13.2. The standard InChI is InChI=1S/C24H27NO4S/c1-3-13-25(24(22(26)27)12-14-30-16(24)2)23(28)29-15-21-19-10-6-4-8-17(19)18-9-5-7-11-20(18)21/h4-11,16,21H,3,12-15H2,1-2H3,(H,26,27). The van der Waals surface area contributed by atoms with Crippen molar-refractivity contribution in [3.05, 3.63) is 59.7 Å². The lowest BCUT2D eigenvalue weighted by molar-refractivity contribution is -0.150. The van der Waals surface area contributed by atoms with Crippen LogP contribution in [0.2, 0.25) is 0 Å².